The molecule has 92 heavy (non-hydrogen) atoms. The van der Waals surface area contributed by atoms with E-state index >= 15 is 0 Å². The first-order valence-corrected chi connectivity index (χ1v) is 39.4. The van der Waals surface area contributed by atoms with Gasteiger partial charge in [0.15, 0.2) is 6.10 Å². The van der Waals surface area contributed by atoms with Gasteiger partial charge in [0.25, 0.3) is 7.82 Å². The number of likely N-dealkylation sites (N-methyl/N-ethyl adjacent to an activating group) is 1. The van der Waals surface area contributed by atoms with E-state index in [1.165, 1.54) is 173 Å². The number of nitrogens with zero attached hydrogens (tertiary/aromatic N) is 1. The van der Waals surface area contributed by atoms with Gasteiger partial charge in [-0.25, -0.2) is 0 Å². The van der Waals surface area contributed by atoms with Crippen LogP contribution in [-0.2, 0) is 32.7 Å². The predicted molar refractivity (Wildman–Crippen MR) is 397 cm³/mol. The normalized spacial score (nSPS) is 13.8. The van der Waals surface area contributed by atoms with Crippen LogP contribution in [0.5, 0.6) is 0 Å². The lowest BCUT2D eigenvalue weighted by atomic mass is 10.0. The van der Waals surface area contributed by atoms with Crippen molar-refractivity contribution in [2.24, 2.45) is 0 Å². The summed E-state index contributed by atoms with van der Waals surface area (Å²) in [5, 5.41) is 0. The van der Waals surface area contributed by atoms with Gasteiger partial charge in [-0.2, -0.15) is 0 Å². The maximum atomic E-state index is 12.9. The molecule has 528 valence electrons. The Balaban J connectivity index is 3.97. The van der Waals surface area contributed by atoms with E-state index < -0.39 is 26.5 Å². The minimum atomic E-state index is -4.65. The fourth-order valence-corrected chi connectivity index (χ4v) is 11.2. The summed E-state index contributed by atoms with van der Waals surface area (Å²) in [6.07, 6.45) is 104. The minimum Gasteiger partial charge on any atom is -0.756 e. The second-order valence-corrected chi connectivity index (χ2v) is 27.7. The van der Waals surface area contributed by atoms with Gasteiger partial charge in [0.1, 0.15) is 19.8 Å². The van der Waals surface area contributed by atoms with Crippen LogP contribution in [0.15, 0.2) is 134 Å². The van der Waals surface area contributed by atoms with Crippen LogP contribution < -0.4 is 4.89 Å². The average Bonchev–Trinajstić information content (AvgIpc) is 2.23. The number of phosphoric acid groups is 1. The molecule has 0 spiro atoms. The number of ether oxygens (including phenoxy) is 2. The van der Waals surface area contributed by atoms with Crippen molar-refractivity contribution in [2.75, 3.05) is 47.5 Å². The molecule has 0 saturated heterocycles. The summed E-state index contributed by atoms with van der Waals surface area (Å²) in [6.45, 7) is 4.03. The number of rotatable bonds is 69. The van der Waals surface area contributed by atoms with Crippen LogP contribution in [0.4, 0.5) is 0 Å². The molecule has 0 aromatic heterocycles. The SMILES string of the molecule is CC/C=C\C/C=C\C/C=C\C/C=C\C/C=C\C/C=C\CCCCCCCCCCCCCCCCCCCCCCCCC(=O)OC(COC(=O)CCCCCCCCCCCCC/C=C\C/C=C\C/C=C\C/C=C\C/C=C\CC)COP(=O)([O-])OCC[N+](C)(C)C. The summed E-state index contributed by atoms with van der Waals surface area (Å²) in [5.41, 5.74) is 0. The minimum absolute atomic E-state index is 0.0345. The number of hydrogen-bond acceptors (Lipinski definition) is 8. The highest BCUT2D eigenvalue weighted by molar-refractivity contribution is 7.45. The number of phosphoric ester groups is 1. The molecule has 0 radical (unpaired) electrons. The van der Waals surface area contributed by atoms with Gasteiger partial charge in [-0.15, -0.1) is 0 Å². The van der Waals surface area contributed by atoms with Crippen LogP contribution in [0.3, 0.4) is 0 Å². The second-order valence-electron chi connectivity index (χ2n) is 26.3. The molecule has 0 fully saturated rings. The van der Waals surface area contributed by atoms with Crippen molar-refractivity contribution in [1.29, 1.82) is 0 Å². The zero-order valence-corrected chi connectivity index (χ0v) is 61.1. The Kier molecular flexibility index (Phi) is 68.5. The van der Waals surface area contributed by atoms with Crippen molar-refractivity contribution in [3.63, 3.8) is 0 Å². The smallest absolute Gasteiger partial charge is 0.306 e. The molecule has 2 atom stereocenters. The monoisotopic (exact) mass is 1300 g/mol. The van der Waals surface area contributed by atoms with E-state index in [-0.39, 0.29) is 32.0 Å². The molecule has 0 aromatic rings. The van der Waals surface area contributed by atoms with Gasteiger partial charge in [0.2, 0.25) is 0 Å². The highest BCUT2D eigenvalue weighted by Crippen LogP contribution is 2.38. The van der Waals surface area contributed by atoms with Crippen LogP contribution in [0.25, 0.3) is 0 Å². The molecule has 0 rings (SSSR count). The first-order valence-electron chi connectivity index (χ1n) is 37.9. The predicted octanol–water partition coefficient (Wildman–Crippen LogP) is 24.5. The van der Waals surface area contributed by atoms with Crippen molar-refractivity contribution >= 4 is 19.8 Å². The van der Waals surface area contributed by atoms with Gasteiger partial charge in [-0.3, -0.25) is 14.2 Å². The van der Waals surface area contributed by atoms with E-state index in [0.717, 1.165) is 116 Å². The van der Waals surface area contributed by atoms with Crippen LogP contribution in [0.1, 0.15) is 322 Å². The Morgan fingerprint density at radius 2 is 0.587 bits per heavy atom. The third-order valence-corrected chi connectivity index (χ3v) is 17.1. The maximum absolute atomic E-state index is 12.9. The Morgan fingerprint density at radius 3 is 0.870 bits per heavy atom. The Labute approximate surface area is 568 Å². The summed E-state index contributed by atoms with van der Waals surface area (Å²) >= 11 is 0. The van der Waals surface area contributed by atoms with E-state index in [0.29, 0.717) is 17.4 Å². The van der Waals surface area contributed by atoms with Crippen molar-refractivity contribution in [2.45, 2.75) is 328 Å². The standard InChI is InChI=1S/C82H142NO8P/c1-6-8-10-12-14-16-18-20-22-24-26-28-30-32-34-35-36-37-38-39-40-41-42-43-44-45-46-47-49-51-53-55-57-59-61-63-65-67-69-71-73-75-82(85)91-80(79-90-92(86,87)89-77-76-83(3,4)5)78-88-81(84)74-72-70-68-66-64-62-60-58-56-54-52-50-48-33-31-29-27-25-23-21-19-17-15-13-11-9-7-2/h8-11,14-17,20-23,26-29,32-34,36-37,48,80H,6-7,12-13,18-19,24-25,30-31,35,38-47,49-79H2,1-5H3/b10-8-,11-9-,16-14-,17-15-,22-20-,23-21-,28-26-,29-27-,34-32-,37-36-,48-33-. The van der Waals surface area contributed by atoms with Gasteiger partial charge in [-0.1, -0.05) is 334 Å². The lowest BCUT2D eigenvalue weighted by Crippen LogP contribution is -2.37. The van der Waals surface area contributed by atoms with E-state index in [9.17, 15) is 19.0 Å². The van der Waals surface area contributed by atoms with E-state index in [1.54, 1.807) is 0 Å². The summed E-state index contributed by atoms with van der Waals surface area (Å²) < 4.78 is 34.4. The summed E-state index contributed by atoms with van der Waals surface area (Å²) in [6, 6.07) is 0. The van der Waals surface area contributed by atoms with Gasteiger partial charge < -0.3 is 27.9 Å². The molecule has 0 bridgehead atoms. The number of carbonyl (C=O) groups excluding carboxylic acids is 2. The van der Waals surface area contributed by atoms with E-state index in [4.69, 9.17) is 18.5 Å². The number of hydrogen-bond donors (Lipinski definition) is 0. The van der Waals surface area contributed by atoms with Gasteiger partial charge in [0, 0.05) is 12.8 Å². The zero-order chi connectivity index (χ0) is 66.9. The molecule has 2 unspecified atom stereocenters. The van der Waals surface area contributed by atoms with Crippen molar-refractivity contribution in [3.8, 4) is 0 Å². The quantitative estimate of drug-likeness (QED) is 0.0195. The van der Waals surface area contributed by atoms with E-state index in [2.05, 4.69) is 148 Å². The van der Waals surface area contributed by atoms with Crippen LogP contribution in [0, 0.1) is 0 Å². The van der Waals surface area contributed by atoms with Gasteiger partial charge in [-0.05, 0) is 109 Å². The number of allylic oxidation sites excluding steroid dienone is 22. The van der Waals surface area contributed by atoms with Crippen molar-refractivity contribution in [1.82, 2.24) is 0 Å². The molecule has 0 heterocycles. The lowest BCUT2D eigenvalue weighted by molar-refractivity contribution is -0.870. The summed E-state index contributed by atoms with van der Waals surface area (Å²) in [4.78, 5) is 38.1. The molecular formula is C82H142NO8P. The summed E-state index contributed by atoms with van der Waals surface area (Å²) in [5.74, 6) is -0.830. The molecule has 0 saturated carbocycles. The van der Waals surface area contributed by atoms with Crippen LogP contribution in [-0.4, -0.2) is 70.0 Å². The van der Waals surface area contributed by atoms with Gasteiger partial charge in [0.05, 0.1) is 27.7 Å². The molecule has 0 N–H and O–H groups in total. The Morgan fingerprint density at radius 1 is 0.337 bits per heavy atom. The number of quaternary nitrogens is 1. The number of carbonyl (C=O) groups is 2. The molecule has 0 aliphatic heterocycles. The average molecular weight is 1300 g/mol. The third kappa shape index (κ3) is 75.2. The fourth-order valence-electron chi connectivity index (χ4n) is 10.5. The van der Waals surface area contributed by atoms with Crippen molar-refractivity contribution < 1.29 is 42.1 Å². The fraction of sp³-hybridized carbons (Fsp3) is 0.707. The van der Waals surface area contributed by atoms with Gasteiger partial charge >= 0.3 is 11.9 Å². The zero-order valence-electron chi connectivity index (χ0n) is 60.2. The highest BCUT2D eigenvalue weighted by atomic mass is 31.2. The maximum Gasteiger partial charge on any atom is 0.306 e. The molecule has 0 aromatic carbocycles. The second kappa shape index (κ2) is 71.4. The third-order valence-electron chi connectivity index (χ3n) is 16.2. The largest absolute Gasteiger partial charge is 0.756 e. The molecule has 0 aliphatic rings. The first-order chi connectivity index (χ1) is 45.0. The highest BCUT2D eigenvalue weighted by Gasteiger charge is 2.22. The summed E-state index contributed by atoms with van der Waals surface area (Å²) in [7, 11) is 1.16. The lowest BCUT2D eigenvalue weighted by Gasteiger charge is -2.28. The van der Waals surface area contributed by atoms with Crippen LogP contribution >= 0.6 is 7.82 Å². The number of unbranched alkanes of at least 4 members (excludes halogenated alkanes) is 33. The Hall–Kier alpha value is -3.85. The molecule has 9 nitrogen and oxygen atoms in total. The van der Waals surface area contributed by atoms with Crippen LogP contribution in [0.2, 0.25) is 0 Å². The van der Waals surface area contributed by atoms with E-state index in [1.807, 2.05) is 21.1 Å². The Bertz CT molecular complexity index is 2020. The number of esters is 2. The molecular weight excluding hydrogens is 1160 g/mol. The molecule has 0 aliphatic carbocycles. The molecule has 0 amide bonds. The molecule has 10 heteroatoms. The first kappa shape index (κ1) is 88.2. The topological polar surface area (TPSA) is 111 Å². The van der Waals surface area contributed by atoms with Crippen molar-refractivity contribution in [3.05, 3.63) is 134 Å².